The largest absolute Gasteiger partial charge is 0.464 e. The number of benzene rings is 2. The van der Waals surface area contributed by atoms with Crippen molar-refractivity contribution in [3.63, 3.8) is 0 Å². The van der Waals surface area contributed by atoms with Gasteiger partial charge in [0.25, 0.3) is 0 Å². The van der Waals surface area contributed by atoms with Gasteiger partial charge in [-0.25, -0.2) is 4.79 Å². The lowest BCUT2D eigenvalue weighted by atomic mass is 9.99. The van der Waals surface area contributed by atoms with Crippen molar-refractivity contribution in [1.29, 1.82) is 0 Å². The van der Waals surface area contributed by atoms with E-state index in [2.05, 4.69) is 5.32 Å². The monoisotopic (exact) mass is 353 g/mol. The third-order valence-electron chi connectivity index (χ3n) is 3.87. The molecular formula is C21H23NO4. The molecule has 0 unspecified atom stereocenters. The number of aliphatic hydroxyl groups is 1. The maximum Gasteiger partial charge on any atom is 0.407 e. The van der Waals surface area contributed by atoms with Crippen molar-refractivity contribution in [3.8, 4) is 11.1 Å². The number of carbonyl (C=O) groups is 1. The molecule has 3 rings (SSSR count). The Labute approximate surface area is 152 Å². The van der Waals surface area contributed by atoms with E-state index in [4.69, 9.17) is 9.15 Å². The summed E-state index contributed by atoms with van der Waals surface area (Å²) in [5.74, 6) is 0. The average Bonchev–Trinajstić information content (AvgIpc) is 3.06. The first kappa shape index (κ1) is 18.0. The summed E-state index contributed by atoms with van der Waals surface area (Å²) in [6.07, 6.45) is 1.20. The summed E-state index contributed by atoms with van der Waals surface area (Å²) in [5.41, 5.74) is 3.90. The van der Waals surface area contributed by atoms with E-state index in [-0.39, 0.29) is 6.61 Å². The molecule has 0 bridgehead atoms. The van der Waals surface area contributed by atoms with E-state index in [9.17, 15) is 9.90 Å². The van der Waals surface area contributed by atoms with Crippen LogP contribution in [-0.2, 0) is 17.9 Å². The van der Waals surface area contributed by atoms with Crippen LogP contribution in [0.25, 0.3) is 22.1 Å². The number of hydrogen-bond donors (Lipinski definition) is 2. The van der Waals surface area contributed by atoms with Gasteiger partial charge in [-0.2, -0.15) is 0 Å². The molecule has 5 nitrogen and oxygen atoms in total. The van der Waals surface area contributed by atoms with E-state index in [1.807, 2.05) is 63.2 Å². The molecule has 1 heterocycles. The second-order valence-electron chi connectivity index (χ2n) is 7.20. The molecule has 0 radical (unpaired) electrons. The molecule has 2 aromatic carbocycles. The quantitative estimate of drug-likeness (QED) is 0.718. The first-order chi connectivity index (χ1) is 12.4. The number of rotatable bonds is 4. The van der Waals surface area contributed by atoms with Gasteiger partial charge in [-0.15, -0.1) is 0 Å². The van der Waals surface area contributed by atoms with Gasteiger partial charge in [-0.05, 0) is 61.7 Å². The molecule has 3 aromatic rings. The molecule has 0 atom stereocenters. The van der Waals surface area contributed by atoms with E-state index in [0.717, 1.165) is 33.2 Å². The lowest BCUT2D eigenvalue weighted by molar-refractivity contribution is 0.0523. The highest BCUT2D eigenvalue weighted by Gasteiger charge is 2.16. The van der Waals surface area contributed by atoms with Crippen molar-refractivity contribution in [2.75, 3.05) is 0 Å². The van der Waals surface area contributed by atoms with Gasteiger partial charge in [0.2, 0.25) is 0 Å². The highest BCUT2D eigenvalue weighted by Crippen LogP contribution is 2.31. The normalized spacial score (nSPS) is 11.5. The van der Waals surface area contributed by atoms with Crippen LogP contribution in [-0.4, -0.2) is 16.8 Å². The van der Waals surface area contributed by atoms with Gasteiger partial charge < -0.3 is 19.6 Å². The smallest absolute Gasteiger partial charge is 0.407 e. The molecule has 136 valence electrons. The summed E-state index contributed by atoms with van der Waals surface area (Å²) in [6.45, 7) is 5.82. The Morgan fingerprint density at radius 1 is 1.15 bits per heavy atom. The summed E-state index contributed by atoms with van der Waals surface area (Å²) < 4.78 is 10.9. The van der Waals surface area contributed by atoms with Gasteiger partial charge in [-0.1, -0.05) is 18.2 Å². The Kier molecular flexibility index (Phi) is 5.00. The van der Waals surface area contributed by atoms with E-state index >= 15 is 0 Å². The minimum atomic E-state index is -0.526. The average molecular weight is 353 g/mol. The predicted molar refractivity (Wildman–Crippen MR) is 101 cm³/mol. The number of fused-ring (bicyclic) bond motifs is 1. The lowest BCUT2D eigenvalue weighted by Crippen LogP contribution is -2.32. The van der Waals surface area contributed by atoms with Crippen LogP contribution in [0.4, 0.5) is 4.79 Å². The Balaban J connectivity index is 1.84. The zero-order valence-electron chi connectivity index (χ0n) is 15.2. The number of ether oxygens (including phenoxy) is 1. The van der Waals surface area contributed by atoms with Crippen LogP contribution in [0.3, 0.4) is 0 Å². The van der Waals surface area contributed by atoms with Crippen molar-refractivity contribution in [3.05, 3.63) is 59.9 Å². The number of hydrogen-bond acceptors (Lipinski definition) is 4. The van der Waals surface area contributed by atoms with Crippen LogP contribution >= 0.6 is 0 Å². The second kappa shape index (κ2) is 7.22. The lowest BCUT2D eigenvalue weighted by Gasteiger charge is -2.19. The molecule has 26 heavy (non-hydrogen) atoms. The van der Waals surface area contributed by atoms with Crippen molar-refractivity contribution in [2.24, 2.45) is 0 Å². The van der Waals surface area contributed by atoms with Gasteiger partial charge in [-0.3, -0.25) is 0 Å². The first-order valence-corrected chi connectivity index (χ1v) is 8.53. The molecule has 0 saturated carbocycles. The van der Waals surface area contributed by atoms with Gasteiger partial charge in [0.05, 0.1) is 12.9 Å². The molecule has 0 aliphatic heterocycles. The van der Waals surface area contributed by atoms with Crippen molar-refractivity contribution >= 4 is 17.1 Å². The second-order valence-corrected chi connectivity index (χ2v) is 7.20. The van der Waals surface area contributed by atoms with E-state index < -0.39 is 11.7 Å². The molecule has 1 aromatic heterocycles. The highest BCUT2D eigenvalue weighted by atomic mass is 16.6. The number of amides is 1. The summed E-state index contributed by atoms with van der Waals surface area (Å²) >= 11 is 0. The number of aliphatic hydroxyl groups excluding tert-OH is 1. The maximum absolute atomic E-state index is 11.8. The minimum absolute atomic E-state index is 0.0337. The van der Waals surface area contributed by atoms with Crippen molar-refractivity contribution < 1.29 is 19.1 Å². The van der Waals surface area contributed by atoms with Crippen molar-refractivity contribution in [2.45, 2.75) is 39.5 Å². The van der Waals surface area contributed by atoms with E-state index in [1.165, 1.54) is 0 Å². The molecule has 0 spiro atoms. The Bertz CT molecular complexity index is 921. The fraction of sp³-hybridized carbons (Fsp3) is 0.286. The SMILES string of the molecule is CC(C)(C)OC(=O)NCc1cccc(-c2cc(CO)cc3ccoc23)c1. The van der Waals surface area contributed by atoms with Gasteiger partial charge in [0, 0.05) is 17.5 Å². The number of carbonyl (C=O) groups excluding carboxylic acids is 1. The Morgan fingerprint density at radius 3 is 2.69 bits per heavy atom. The molecule has 1 amide bonds. The predicted octanol–water partition coefficient (Wildman–Crippen LogP) is 4.62. The van der Waals surface area contributed by atoms with Gasteiger partial charge >= 0.3 is 6.09 Å². The molecule has 0 aliphatic rings. The van der Waals surface area contributed by atoms with E-state index in [1.54, 1.807) is 6.26 Å². The maximum atomic E-state index is 11.8. The number of furan rings is 1. The van der Waals surface area contributed by atoms with Crippen LogP contribution in [0.15, 0.2) is 53.1 Å². The zero-order valence-corrected chi connectivity index (χ0v) is 15.2. The van der Waals surface area contributed by atoms with Crippen molar-refractivity contribution in [1.82, 2.24) is 5.32 Å². The molecule has 0 saturated heterocycles. The molecular weight excluding hydrogens is 330 g/mol. The highest BCUT2D eigenvalue weighted by molar-refractivity contribution is 5.93. The summed E-state index contributed by atoms with van der Waals surface area (Å²) in [7, 11) is 0. The van der Waals surface area contributed by atoms with Crippen LogP contribution in [0.2, 0.25) is 0 Å². The van der Waals surface area contributed by atoms with Gasteiger partial charge in [0.1, 0.15) is 11.2 Å². The van der Waals surface area contributed by atoms with Crippen LogP contribution in [0, 0.1) is 0 Å². The van der Waals surface area contributed by atoms with Crippen LogP contribution in [0.1, 0.15) is 31.9 Å². The van der Waals surface area contributed by atoms with Crippen LogP contribution in [0.5, 0.6) is 0 Å². The Hall–Kier alpha value is -2.79. The number of alkyl carbamates (subject to hydrolysis) is 1. The molecule has 2 N–H and O–H groups in total. The number of nitrogens with one attached hydrogen (secondary N) is 1. The summed E-state index contributed by atoms with van der Waals surface area (Å²) in [6, 6.07) is 13.6. The standard InChI is InChI=1S/C21H23NO4/c1-21(2,3)26-20(24)22-12-14-5-4-6-16(9-14)18-11-15(13-23)10-17-7-8-25-19(17)18/h4-11,23H,12-13H2,1-3H3,(H,22,24). The summed E-state index contributed by atoms with van der Waals surface area (Å²) in [4.78, 5) is 11.8. The zero-order chi connectivity index (χ0) is 18.7. The minimum Gasteiger partial charge on any atom is -0.464 e. The molecule has 0 fully saturated rings. The molecule has 0 aliphatic carbocycles. The van der Waals surface area contributed by atoms with E-state index in [0.29, 0.717) is 6.54 Å². The Morgan fingerprint density at radius 2 is 1.96 bits per heavy atom. The van der Waals surface area contributed by atoms with Crippen LogP contribution < -0.4 is 5.32 Å². The topological polar surface area (TPSA) is 71.7 Å². The summed E-state index contributed by atoms with van der Waals surface area (Å²) in [5, 5.41) is 13.2. The first-order valence-electron chi connectivity index (χ1n) is 8.53. The fourth-order valence-corrected chi connectivity index (χ4v) is 2.79. The third kappa shape index (κ3) is 4.24. The third-order valence-corrected chi connectivity index (χ3v) is 3.87. The fourth-order valence-electron chi connectivity index (χ4n) is 2.79. The molecule has 5 heteroatoms. The van der Waals surface area contributed by atoms with Gasteiger partial charge in [0.15, 0.2) is 0 Å².